The smallest absolute Gasteiger partial charge is 0.416 e. The summed E-state index contributed by atoms with van der Waals surface area (Å²) >= 11 is 0. The molecule has 1 rings (SSSR count). The molecule has 1 N–H and O–H groups in total. The van der Waals surface area contributed by atoms with Crippen LogP contribution in [0.1, 0.15) is 43.6 Å². The predicted molar refractivity (Wildman–Crippen MR) is 69.6 cm³/mol. The number of amides is 1. The number of phenols is 1. The number of aromatic hydroxyl groups is 1. The van der Waals surface area contributed by atoms with E-state index >= 15 is 0 Å². The number of hydrogen-bond donors (Lipinski definition) is 1. The van der Waals surface area contributed by atoms with Crippen LogP contribution in [0, 0.1) is 0 Å². The van der Waals surface area contributed by atoms with Crippen molar-refractivity contribution in [1.82, 2.24) is 4.90 Å². The van der Waals surface area contributed by atoms with Crippen molar-refractivity contribution in [3.8, 4) is 5.75 Å². The average Bonchev–Trinajstić information content (AvgIpc) is 2.26. The highest BCUT2D eigenvalue weighted by Gasteiger charge is 2.32. The molecule has 0 spiro atoms. The molecular weight excluding hydrogens is 271 g/mol. The Bertz CT molecular complexity index is 488. The molecule has 0 heterocycles. The summed E-state index contributed by atoms with van der Waals surface area (Å²) in [5, 5.41) is 9.69. The molecule has 3 nitrogen and oxygen atoms in total. The summed E-state index contributed by atoms with van der Waals surface area (Å²) < 4.78 is 37.5. The van der Waals surface area contributed by atoms with Crippen LogP contribution < -0.4 is 0 Å². The van der Waals surface area contributed by atoms with E-state index in [-0.39, 0.29) is 17.6 Å². The molecule has 1 aromatic rings. The molecule has 0 aromatic heterocycles. The molecule has 0 fully saturated rings. The fourth-order valence-electron chi connectivity index (χ4n) is 2.09. The molecule has 1 aromatic carbocycles. The Morgan fingerprint density at radius 3 is 2.00 bits per heavy atom. The first-order chi connectivity index (χ1) is 9.05. The minimum absolute atomic E-state index is 0.121. The SMILES string of the molecule is CC(C)N(C(=O)c1ccc(C(F)(F)F)cc1O)C(C)C. The molecule has 0 aliphatic carbocycles. The molecule has 0 saturated heterocycles. The first-order valence-electron chi connectivity index (χ1n) is 6.28. The minimum Gasteiger partial charge on any atom is -0.507 e. The van der Waals surface area contributed by atoms with Crippen LogP contribution in [0.2, 0.25) is 0 Å². The van der Waals surface area contributed by atoms with Crippen molar-refractivity contribution >= 4 is 5.91 Å². The second kappa shape index (κ2) is 5.73. The fourth-order valence-corrected chi connectivity index (χ4v) is 2.09. The van der Waals surface area contributed by atoms with Crippen LogP contribution in [0.3, 0.4) is 0 Å². The lowest BCUT2D eigenvalue weighted by Crippen LogP contribution is -2.42. The number of alkyl halides is 3. The highest BCUT2D eigenvalue weighted by Crippen LogP contribution is 2.33. The maximum Gasteiger partial charge on any atom is 0.416 e. The largest absolute Gasteiger partial charge is 0.507 e. The second-order valence-electron chi connectivity index (χ2n) is 5.13. The van der Waals surface area contributed by atoms with Gasteiger partial charge in [-0.15, -0.1) is 0 Å². The number of carbonyl (C=O) groups is 1. The van der Waals surface area contributed by atoms with E-state index in [0.29, 0.717) is 6.07 Å². The van der Waals surface area contributed by atoms with Gasteiger partial charge in [0.1, 0.15) is 5.75 Å². The van der Waals surface area contributed by atoms with Crippen LogP contribution in [0.15, 0.2) is 18.2 Å². The molecule has 6 heteroatoms. The Hall–Kier alpha value is -1.72. The van der Waals surface area contributed by atoms with Crippen molar-refractivity contribution in [1.29, 1.82) is 0 Å². The lowest BCUT2D eigenvalue weighted by Gasteiger charge is -2.31. The Labute approximate surface area is 116 Å². The first-order valence-corrected chi connectivity index (χ1v) is 6.28. The van der Waals surface area contributed by atoms with Crippen LogP contribution in [0.5, 0.6) is 5.75 Å². The van der Waals surface area contributed by atoms with Gasteiger partial charge in [-0.1, -0.05) is 0 Å². The molecule has 20 heavy (non-hydrogen) atoms. The molecular formula is C14H18F3NO2. The number of rotatable bonds is 3. The molecule has 0 atom stereocenters. The van der Waals surface area contributed by atoms with Crippen LogP contribution in [-0.2, 0) is 6.18 Å². The molecule has 112 valence electrons. The fraction of sp³-hybridized carbons (Fsp3) is 0.500. The van der Waals surface area contributed by atoms with E-state index in [9.17, 15) is 23.1 Å². The minimum atomic E-state index is -4.55. The zero-order valence-electron chi connectivity index (χ0n) is 11.8. The van der Waals surface area contributed by atoms with E-state index in [1.165, 1.54) is 4.90 Å². The summed E-state index contributed by atoms with van der Waals surface area (Å²) in [6.07, 6.45) is -4.55. The van der Waals surface area contributed by atoms with E-state index in [4.69, 9.17) is 0 Å². The van der Waals surface area contributed by atoms with Gasteiger partial charge in [-0.05, 0) is 45.9 Å². The van der Waals surface area contributed by atoms with Gasteiger partial charge in [-0.2, -0.15) is 13.2 Å². The maximum atomic E-state index is 12.5. The standard InChI is InChI=1S/C14H18F3NO2/c1-8(2)18(9(3)4)13(20)11-6-5-10(7-12(11)19)14(15,16)17/h5-9,19H,1-4H3. The number of nitrogens with zero attached hydrogens (tertiary/aromatic N) is 1. The highest BCUT2D eigenvalue weighted by molar-refractivity contribution is 5.97. The van der Waals surface area contributed by atoms with Gasteiger partial charge in [0.05, 0.1) is 11.1 Å². The normalized spacial score (nSPS) is 12.1. The van der Waals surface area contributed by atoms with Gasteiger partial charge in [0.2, 0.25) is 0 Å². The molecule has 0 unspecified atom stereocenters. The molecule has 0 saturated carbocycles. The number of carbonyl (C=O) groups excluding carboxylic acids is 1. The van der Waals surface area contributed by atoms with Gasteiger partial charge in [0.15, 0.2) is 0 Å². The average molecular weight is 289 g/mol. The number of hydrogen-bond acceptors (Lipinski definition) is 2. The third kappa shape index (κ3) is 3.43. The zero-order chi connectivity index (χ0) is 15.7. The summed E-state index contributed by atoms with van der Waals surface area (Å²) in [4.78, 5) is 13.8. The number of benzene rings is 1. The third-order valence-electron chi connectivity index (χ3n) is 2.90. The molecule has 0 aliphatic rings. The Balaban J connectivity index is 3.18. The molecule has 1 amide bonds. The van der Waals surface area contributed by atoms with Crippen LogP contribution >= 0.6 is 0 Å². The van der Waals surface area contributed by atoms with Crippen molar-refractivity contribution in [3.05, 3.63) is 29.3 Å². The summed E-state index contributed by atoms with van der Waals surface area (Å²) in [6, 6.07) is 2.14. The first kappa shape index (κ1) is 16.3. The topological polar surface area (TPSA) is 40.5 Å². The lowest BCUT2D eigenvalue weighted by molar-refractivity contribution is -0.137. The van der Waals surface area contributed by atoms with E-state index in [2.05, 4.69) is 0 Å². The highest BCUT2D eigenvalue weighted by atomic mass is 19.4. The summed E-state index contributed by atoms with van der Waals surface area (Å²) in [6.45, 7) is 7.22. The van der Waals surface area contributed by atoms with Crippen LogP contribution in [-0.4, -0.2) is 28.0 Å². The van der Waals surface area contributed by atoms with Gasteiger partial charge in [-0.25, -0.2) is 0 Å². The maximum absolute atomic E-state index is 12.5. The Morgan fingerprint density at radius 1 is 1.15 bits per heavy atom. The van der Waals surface area contributed by atoms with Crippen LogP contribution in [0.25, 0.3) is 0 Å². The van der Waals surface area contributed by atoms with Gasteiger partial charge < -0.3 is 10.0 Å². The monoisotopic (exact) mass is 289 g/mol. The third-order valence-corrected chi connectivity index (χ3v) is 2.90. The van der Waals surface area contributed by atoms with Crippen molar-refractivity contribution in [2.24, 2.45) is 0 Å². The molecule has 0 aliphatic heterocycles. The van der Waals surface area contributed by atoms with E-state index in [1.807, 2.05) is 0 Å². The Morgan fingerprint density at radius 2 is 1.65 bits per heavy atom. The quantitative estimate of drug-likeness (QED) is 0.922. The van der Waals surface area contributed by atoms with Crippen molar-refractivity contribution in [2.75, 3.05) is 0 Å². The molecule has 0 bridgehead atoms. The van der Waals surface area contributed by atoms with Gasteiger partial charge in [0.25, 0.3) is 5.91 Å². The Kier molecular flexibility index (Phi) is 4.68. The van der Waals surface area contributed by atoms with Gasteiger partial charge >= 0.3 is 6.18 Å². The summed E-state index contributed by atoms with van der Waals surface area (Å²) in [7, 11) is 0. The van der Waals surface area contributed by atoms with Crippen molar-refractivity contribution in [3.63, 3.8) is 0 Å². The van der Waals surface area contributed by atoms with Crippen molar-refractivity contribution in [2.45, 2.75) is 46.0 Å². The van der Waals surface area contributed by atoms with E-state index in [1.54, 1.807) is 27.7 Å². The number of phenolic OH excluding ortho intramolecular Hbond substituents is 1. The second-order valence-corrected chi connectivity index (χ2v) is 5.13. The summed E-state index contributed by atoms with van der Waals surface area (Å²) in [5.41, 5.74) is -1.10. The van der Waals surface area contributed by atoms with Gasteiger partial charge in [0, 0.05) is 12.1 Å². The zero-order valence-corrected chi connectivity index (χ0v) is 11.8. The molecule has 0 radical (unpaired) electrons. The predicted octanol–water partition coefficient (Wildman–Crippen LogP) is 3.67. The van der Waals surface area contributed by atoms with E-state index in [0.717, 1.165) is 12.1 Å². The lowest BCUT2D eigenvalue weighted by atomic mass is 10.1. The summed E-state index contributed by atoms with van der Waals surface area (Å²) in [5.74, 6) is -1.14. The van der Waals surface area contributed by atoms with E-state index < -0.39 is 23.4 Å². The van der Waals surface area contributed by atoms with Crippen LogP contribution in [0.4, 0.5) is 13.2 Å². The number of halogens is 3. The van der Waals surface area contributed by atoms with Crippen molar-refractivity contribution < 1.29 is 23.1 Å². The van der Waals surface area contributed by atoms with Gasteiger partial charge in [-0.3, -0.25) is 4.79 Å².